The summed E-state index contributed by atoms with van der Waals surface area (Å²) in [5.41, 5.74) is 1.81. The number of pyridine rings is 1. The summed E-state index contributed by atoms with van der Waals surface area (Å²) in [6, 6.07) is 11.4. The van der Waals surface area contributed by atoms with Crippen LogP contribution >= 0.6 is 11.6 Å². The van der Waals surface area contributed by atoms with Gasteiger partial charge in [-0.15, -0.1) is 0 Å². The number of methoxy groups -OCH3 is 1. The van der Waals surface area contributed by atoms with Gasteiger partial charge in [0, 0.05) is 11.9 Å². The third kappa shape index (κ3) is 2.35. The highest BCUT2D eigenvalue weighted by atomic mass is 35.5. The molecule has 3 rings (SSSR count). The van der Waals surface area contributed by atoms with E-state index in [0.717, 1.165) is 22.9 Å². The van der Waals surface area contributed by atoms with E-state index < -0.39 is 0 Å². The lowest BCUT2D eigenvalue weighted by atomic mass is 10.3. The van der Waals surface area contributed by atoms with Gasteiger partial charge in [0.05, 0.1) is 18.3 Å². The first-order valence-electron chi connectivity index (χ1n) is 5.80. The van der Waals surface area contributed by atoms with Crippen molar-refractivity contribution >= 4 is 28.8 Å². The minimum Gasteiger partial charge on any atom is -0.497 e. The number of fused-ring (bicyclic) bond motifs is 1. The normalized spacial score (nSPS) is 10.6. The van der Waals surface area contributed by atoms with Crippen molar-refractivity contribution in [1.82, 2.24) is 9.38 Å². The second-order valence-corrected chi connectivity index (χ2v) is 4.51. The summed E-state index contributed by atoms with van der Waals surface area (Å²) < 4.78 is 7.04. The number of rotatable bonds is 3. The molecule has 1 N–H and O–H groups in total. The number of aromatic nitrogens is 2. The van der Waals surface area contributed by atoms with Crippen LogP contribution in [0, 0.1) is 0 Å². The molecule has 19 heavy (non-hydrogen) atoms. The van der Waals surface area contributed by atoms with Gasteiger partial charge in [-0.3, -0.25) is 4.40 Å². The van der Waals surface area contributed by atoms with Crippen molar-refractivity contribution in [3.63, 3.8) is 0 Å². The standard InChI is InChI=1S/C14H12ClN3O/c1-19-12-5-3-11(4-6-12)17-14-8-16-13-7-2-10(15)9-18(13)14/h2-9,17H,1H3. The minimum absolute atomic E-state index is 0.670. The molecule has 0 unspecified atom stereocenters. The lowest BCUT2D eigenvalue weighted by Gasteiger charge is -2.07. The average molecular weight is 274 g/mol. The molecule has 0 spiro atoms. The van der Waals surface area contributed by atoms with E-state index >= 15 is 0 Å². The van der Waals surface area contributed by atoms with E-state index in [-0.39, 0.29) is 0 Å². The molecule has 1 aromatic carbocycles. The number of ether oxygens (including phenoxy) is 1. The zero-order valence-corrected chi connectivity index (χ0v) is 11.1. The largest absolute Gasteiger partial charge is 0.497 e. The first-order valence-corrected chi connectivity index (χ1v) is 6.18. The van der Waals surface area contributed by atoms with Crippen LogP contribution in [0.2, 0.25) is 5.02 Å². The topological polar surface area (TPSA) is 38.6 Å². The van der Waals surface area contributed by atoms with Crippen LogP contribution in [-0.2, 0) is 0 Å². The number of benzene rings is 1. The van der Waals surface area contributed by atoms with Crippen LogP contribution < -0.4 is 10.1 Å². The molecule has 3 aromatic rings. The molecular weight excluding hydrogens is 262 g/mol. The fraction of sp³-hybridized carbons (Fsp3) is 0.0714. The van der Waals surface area contributed by atoms with Crippen LogP contribution in [0.15, 0.2) is 48.8 Å². The van der Waals surface area contributed by atoms with Gasteiger partial charge in [0.25, 0.3) is 0 Å². The van der Waals surface area contributed by atoms with Crippen molar-refractivity contribution in [2.45, 2.75) is 0 Å². The number of halogens is 1. The van der Waals surface area contributed by atoms with Crippen LogP contribution in [-0.4, -0.2) is 16.5 Å². The average Bonchev–Trinajstić information content (AvgIpc) is 2.82. The van der Waals surface area contributed by atoms with Gasteiger partial charge < -0.3 is 10.1 Å². The van der Waals surface area contributed by atoms with Crippen molar-refractivity contribution in [1.29, 1.82) is 0 Å². The first-order chi connectivity index (χ1) is 9.26. The Morgan fingerprint density at radius 3 is 2.68 bits per heavy atom. The van der Waals surface area contributed by atoms with E-state index in [4.69, 9.17) is 16.3 Å². The third-order valence-electron chi connectivity index (χ3n) is 2.83. The van der Waals surface area contributed by atoms with Crippen LogP contribution in [0.3, 0.4) is 0 Å². The maximum Gasteiger partial charge on any atom is 0.138 e. The van der Waals surface area contributed by atoms with E-state index in [9.17, 15) is 0 Å². The highest BCUT2D eigenvalue weighted by molar-refractivity contribution is 6.30. The number of nitrogens with zero attached hydrogens (tertiary/aromatic N) is 2. The summed E-state index contributed by atoms with van der Waals surface area (Å²) in [5.74, 6) is 1.69. The van der Waals surface area contributed by atoms with Gasteiger partial charge in [-0.25, -0.2) is 4.98 Å². The van der Waals surface area contributed by atoms with Crippen LogP contribution in [0.5, 0.6) is 5.75 Å². The SMILES string of the molecule is COc1ccc(Nc2cnc3ccc(Cl)cn23)cc1. The molecule has 4 nitrogen and oxygen atoms in total. The first kappa shape index (κ1) is 11.9. The maximum atomic E-state index is 6.00. The predicted molar refractivity (Wildman–Crippen MR) is 76.5 cm³/mol. The summed E-state index contributed by atoms with van der Waals surface area (Å²) in [7, 11) is 1.65. The summed E-state index contributed by atoms with van der Waals surface area (Å²) in [6.45, 7) is 0. The molecule has 0 fully saturated rings. The number of hydrogen-bond acceptors (Lipinski definition) is 3. The molecular formula is C14H12ClN3O. The van der Waals surface area contributed by atoms with E-state index in [1.54, 1.807) is 13.3 Å². The Kier molecular flexibility index (Phi) is 3.01. The molecule has 0 aliphatic heterocycles. The Morgan fingerprint density at radius 2 is 1.95 bits per heavy atom. The minimum atomic E-state index is 0.670. The third-order valence-corrected chi connectivity index (χ3v) is 3.06. The summed E-state index contributed by atoms with van der Waals surface area (Å²) in [5, 5.41) is 3.96. The molecule has 0 bridgehead atoms. The van der Waals surface area contributed by atoms with Crippen molar-refractivity contribution in [2.75, 3.05) is 12.4 Å². The van der Waals surface area contributed by atoms with E-state index in [0.29, 0.717) is 5.02 Å². The number of anilines is 2. The molecule has 0 saturated carbocycles. The van der Waals surface area contributed by atoms with E-state index in [2.05, 4.69) is 10.3 Å². The fourth-order valence-corrected chi connectivity index (χ4v) is 2.03. The lowest BCUT2D eigenvalue weighted by molar-refractivity contribution is 0.415. The summed E-state index contributed by atoms with van der Waals surface area (Å²) >= 11 is 6.00. The molecule has 0 aliphatic carbocycles. The van der Waals surface area contributed by atoms with Crippen LogP contribution in [0.1, 0.15) is 0 Å². The van der Waals surface area contributed by atoms with Crippen molar-refractivity contribution < 1.29 is 4.74 Å². The molecule has 0 radical (unpaired) electrons. The Hall–Kier alpha value is -2.20. The molecule has 0 amide bonds. The van der Waals surface area contributed by atoms with E-state index in [1.807, 2.05) is 47.0 Å². The van der Waals surface area contributed by atoms with Gasteiger partial charge in [0.15, 0.2) is 0 Å². The van der Waals surface area contributed by atoms with Gasteiger partial charge >= 0.3 is 0 Å². The molecule has 0 aliphatic rings. The predicted octanol–water partition coefficient (Wildman–Crippen LogP) is 3.74. The maximum absolute atomic E-state index is 6.00. The second-order valence-electron chi connectivity index (χ2n) is 4.07. The Balaban J connectivity index is 1.93. The van der Waals surface area contributed by atoms with Gasteiger partial charge in [-0.2, -0.15) is 0 Å². The van der Waals surface area contributed by atoms with Crippen LogP contribution in [0.4, 0.5) is 11.5 Å². The zero-order chi connectivity index (χ0) is 13.2. The zero-order valence-electron chi connectivity index (χ0n) is 10.3. The second kappa shape index (κ2) is 4.82. The molecule has 0 atom stereocenters. The van der Waals surface area contributed by atoms with Gasteiger partial charge in [-0.1, -0.05) is 11.6 Å². The highest BCUT2D eigenvalue weighted by Crippen LogP contribution is 2.22. The molecule has 2 aromatic heterocycles. The fourth-order valence-electron chi connectivity index (χ4n) is 1.87. The molecule has 5 heteroatoms. The van der Waals surface area contributed by atoms with Gasteiger partial charge in [-0.05, 0) is 36.4 Å². The number of nitrogens with one attached hydrogen (secondary N) is 1. The smallest absolute Gasteiger partial charge is 0.138 e. The van der Waals surface area contributed by atoms with Crippen molar-refractivity contribution in [2.24, 2.45) is 0 Å². The Bertz CT molecular complexity index is 706. The Labute approximate surface area is 115 Å². The highest BCUT2D eigenvalue weighted by Gasteiger charge is 2.04. The van der Waals surface area contributed by atoms with Gasteiger partial charge in [0.2, 0.25) is 0 Å². The number of imidazole rings is 1. The Morgan fingerprint density at radius 1 is 1.16 bits per heavy atom. The van der Waals surface area contributed by atoms with Crippen molar-refractivity contribution in [3.8, 4) is 5.75 Å². The number of hydrogen-bond donors (Lipinski definition) is 1. The van der Waals surface area contributed by atoms with Gasteiger partial charge in [0.1, 0.15) is 17.2 Å². The summed E-state index contributed by atoms with van der Waals surface area (Å²) in [6.07, 6.45) is 3.60. The molecule has 96 valence electrons. The monoisotopic (exact) mass is 273 g/mol. The molecule has 2 heterocycles. The quantitative estimate of drug-likeness (QED) is 0.790. The summed E-state index contributed by atoms with van der Waals surface area (Å²) in [4.78, 5) is 4.31. The molecule has 0 saturated heterocycles. The van der Waals surface area contributed by atoms with Crippen molar-refractivity contribution in [3.05, 3.63) is 53.8 Å². The van der Waals surface area contributed by atoms with E-state index in [1.165, 1.54) is 0 Å². The van der Waals surface area contributed by atoms with Crippen LogP contribution in [0.25, 0.3) is 5.65 Å². The lowest BCUT2D eigenvalue weighted by Crippen LogP contribution is -1.95.